The molecule has 2 rings (SSSR count). The van der Waals surface area contributed by atoms with Gasteiger partial charge in [-0.25, -0.2) is 0 Å². The molecule has 1 saturated heterocycles. The highest BCUT2D eigenvalue weighted by Gasteiger charge is 2.20. The molecule has 0 radical (unpaired) electrons. The predicted octanol–water partition coefficient (Wildman–Crippen LogP) is 0.927. The van der Waals surface area contributed by atoms with Gasteiger partial charge in [-0.3, -0.25) is 4.79 Å². The Hall–Kier alpha value is -0.940. The number of rotatable bonds is 2. The first-order chi connectivity index (χ1) is 7.31. The molecule has 0 saturated carbocycles. The molecular formula is C10H14N2O2S. The van der Waals surface area contributed by atoms with Crippen molar-refractivity contribution in [1.29, 1.82) is 0 Å². The first kappa shape index (κ1) is 10.6. The Morgan fingerprint density at radius 2 is 2.20 bits per heavy atom. The first-order valence-corrected chi connectivity index (χ1v) is 6.12. The van der Waals surface area contributed by atoms with Gasteiger partial charge in [-0.15, -0.1) is 0 Å². The van der Waals surface area contributed by atoms with Crippen molar-refractivity contribution < 1.29 is 9.21 Å². The van der Waals surface area contributed by atoms with Crippen LogP contribution in [-0.4, -0.2) is 35.4 Å². The van der Waals surface area contributed by atoms with E-state index in [0.29, 0.717) is 18.1 Å². The summed E-state index contributed by atoms with van der Waals surface area (Å²) >= 11 is 1.88. The van der Waals surface area contributed by atoms with Gasteiger partial charge in [-0.05, 0) is 12.1 Å². The van der Waals surface area contributed by atoms with Crippen molar-refractivity contribution in [3.8, 4) is 0 Å². The van der Waals surface area contributed by atoms with E-state index in [-0.39, 0.29) is 5.91 Å². The van der Waals surface area contributed by atoms with Gasteiger partial charge < -0.3 is 15.1 Å². The van der Waals surface area contributed by atoms with Crippen LogP contribution in [0.25, 0.3) is 0 Å². The Balaban J connectivity index is 2.05. The van der Waals surface area contributed by atoms with Gasteiger partial charge in [0.1, 0.15) is 5.76 Å². The Morgan fingerprint density at radius 1 is 1.47 bits per heavy atom. The topological polar surface area (TPSA) is 59.5 Å². The van der Waals surface area contributed by atoms with Crippen molar-refractivity contribution >= 4 is 17.7 Å². The van der Waals surface area contributed by atoms with E-state index in [0.717, 1.165) is 24.6 Å². The Morgan fingerprint density at radius 3 is 2.80 bits per heavy atom. The Kier molecular flexibility index (Phi) is 3.33. The molecule has 2 heterocycles. The SMILES string of the molecule is NCc1ccc(C(=O)N2CCSCC2)o1. The molecule has 1 aromatic heterocycles. The van der Waals surface area contributed by atoms with E-state index in [4.69, 9.17) is 10.2 Å². The van der Waals surface area contributed by atoms with Crippen LogP contribution < -0.4 is 5.73 Å². The lowest BCUT2D eigenvalue weighted by atomic mass is 10.3. The van der Waals surface area contributed by atoms with Crippen LogP contribution in [0.1, 0.15) is 16.3 Å². The van der Waals surface area contributed by atoms with Crippen molar-refractivity contribution in [3.05, 3.63) is 23.7 Å². The van der Waals surface area contributed by atoms with Gasteiger partial charge in [0.2, 0.25) is 0 Å². The summed E-state index contributed by atoms with van der Waals surface area (Å²) in [6, 6.07) is 3.46. The molecule has 1 fully saturated rings. The Labute approximate surface area is 92.8 Å². The molecule has 0 spiro atoms. The second-order valence-electron chi connectivity index (χ2n) is 3.37. The number of thioether (sulfide) groups is 1. The summed E-state index contributed by atoms with van der Waals surface area (Å²) in [5, 5.41) is 0. The van der Waals surface area contributed by atoms with E-state index in [1.165, 1.54) is 0 Å². The minimum absolute atomic E-state index is 0.0185. The van der Waals surface area contributed by atoms with Gasteiger partial charge in [-0.2, -0.15) is 11.8 Å². The number of hydrogen-bond acceptors (Lipinski definition) is 4. The average Bonchev–Trinajstić information content (AvgIpc) is 2.78. The molecule has 0 aliphatic carbocycles. The monoisotopic (exact) mass is 226 g/mol. The molecule has 5 heteroatoms. The number of hydrogen-bond donors (Lipinski definition) is 1. The maximum absolute atomic E-state index is 11.9. The fourth-order valence-electron chi connectivity index (χ4n) is 1.52. The molecule has 0 atom stereocenters. The second kappa shape index (κ2) is 4.72. The molecule has 1 aliphatic rings. The lowest BCUT2D eigenvalue weighted by Crippen LogP contribution is -2.37. The van der Waals surface area contributed by atoms with Crippen LogP contribution >= 0.6 is 11.8 Å². The molecular weight excluding hydrogens is 212 g/mol. The van der Waals surface area contributed by atoms with Crippen LogP contribution in [0.2, 0.25) is 0 Å². The van der Waals surface area contributed by atoms with E-state index in [9.17, 15) is 4.79 Å². The third kappa shape index (κ3) is 2.35. The highest BCUT2D eigenvalue weighted by molar-refractivity contribution is 7.99. The van der Waals surface area contributed by atoms with Gasteiger partial charge in [0.15, 0.2) is 5.76 Å². The molecule has 4 nitrogen and oxygen atoms in total. The number of nitrogens with two attached hydrogens (primary N) is 1. The van der Waals surface area contributed by atoms with Crippen LogP contribution in [0.3, 0.4) is 0 Å². The highest BCUT2D eigenvalue weighted by atomic mass is 32.2. The molecule has 0 aromatic carbocycles. The summed E-state index contributed by atoms with van der Waals surface area (Å²) in [5.41, 5.74) is 5.42. The normalized spacial score (nSPS) is 16.7. The predicted molar refractivity (Wildman–Crippen MR) is 59.8 cm³/mol. The largest absolute Gasteiger partial charge is 0.455 e. The highest BCUT2D eigenvalue weighted by Crippen LogP contribution is 2.14. The molecule has 2 N–H and O–H groups in total. The smallest absolute Gasteiger partial charge is 0.289 e. The fourth-order valence-corrected chi connectivity index (χ4v) is 2.43. The van der Waals surface area contributed by atoms with Crippen molar-refractivity contribution in [2.75, 3.05) is 24.6 Å². The Bertz CT molecular complexity index is 345. The number of furan rings is 1. The second-order valence-corrected chi connectivity index (χ2v) is 4.60. The van der Waals surface area contributed by atoms with E-state index in [2.05, 4.69) is 0 Å². The summed E-state index contributed by atoms with van der Waals surface area (Å²) in [6.07, 6.45) is 0. The van der Waals surface area contributed by atoms with Gasteiger partial charge >= 0.3 is 0 Å². The zero-order valence-electron chi connectivity index (χ0n) is 8.44. The summed E-state index contributed by atoms with van der Waals surface area (Å²) in [4.78, 5) is 13.7. The summed E-state index contributed by atoms with van der Waals surface area (Å²) in [6.45, 7) is 1.95. The quantitative estimate of drug-likeness (QED) is 0.815. The minimum Gasteiger partial charge on any atom is -0.455 e. The first-order valence-electron chi connectivity index (χ1n) is 4.97. The number of carbonyl (C=O) groups excluding carboxylic acids is 1. The number of nitrogens with zero attached hydrogens (tertiary/aromatic N) is 1. The summed E-state index contributed by atoms with van der Waals surface area (Å²) < 4.78 is 5.32. The van der Waals surface area contributed by atoms with Crippen LogP contribution in [0, 0.1) is 0 Å². The molecule has 0 bridgehead atoms. The minimum atomic E-state index is -0.0185. The summed E-state index contributed by atoms with van der Waals surface area (Å²) in [7, 11) is 0. The van der Waals surface area contributed by atoms with E-state index in [1.807, 2.05) is 16.7 Å². The van der Waals surface area contributed by atoms with E-state index < -0.39 is 0 Å². The molecule has 0 unspecified atom stereocenters. The van der Waals surface area contributed by atoms with Gasteiger partial charge in [0.05, 0.1) is 6.54 Å². The molecule has 1 aliphatic heterocycles. The van der Waals surface area contributed by atoms with E-state index >= 15 is 0 Å². The average molecular weight is 226 g/mol. The lowest BCUT2D eigenvalue weighted by Gasteiger charge is -2.25. The van der Waals surface area contributed by atoms with Crippen LogP contribution in [0.5, 0.6) is 0 Å². The van der Waals surface area contributed by atoms with Gasteiger partial charge in [0, 0.05) is 24.6 Å². The molecule has 1 amide bonds. The summed E-state index contributed by atoms with van der Waals surface area (Å²) in [5.74, 6) is 3.06. The molecule has 82 valence electrons. The zero-order chi connectivity index (χ0) is 10.7. The zero-order valence-corrected chi connectivity index (χ0v) is 9.26. The van der Waals surface area contributed by atoms with Gasteiger partial charge in [0.25, 0.3) is 5.91 Å². The van der Waals surface area contributed by atoms with Crippen LogP contribution in [0.4, 0.5) is 0 Å². The third-order valence-corrected chi connectivity index (χ3v) is 3.31. The maximum atomic E-state index is 11.9. The molecule has 1 aromatic rings. The maximum Gasteiger partial charge on any atom is 0.289 e. The lowest BCUT2D eigenvalue weighted by molar-refractivity contribution is 0.0738. The fraction of sp³-hybridized carbons (Fsp3) is 0.500. The van der Waals surface area contributed by atoms with Crippen molar-refractivity contribution in [2.24, 2.45) is 5.73 Å². The number of amides is 1. The van der Waals surface area contributed by atoms with Crippen LogP contribution in [0.15, 0.2) is 16.5 Å². The standard InChI is InChI=1S/C10H14N2O2S/c11-7-8-1-2-9(14-8)10(13)12-3-5-15-6-4-12/h1-2H,3-7,11H2. The van der Waals surface area contributed by atoms with Crippen molar-refractivity contribution in [3.63, 3.8) is 0 Å². The van der Waals surface area contributed by atoms with Crippen molar-refractivity contribution in [1.82, 2.24) is 4.90 Å². The third-order valence-electron chi connectivity index (χ3n) is 2.37. The van der Waals surface area contributed by atoms with Gasteiger partial charge in [-0.1, -0.05) is 0 Å². The number of carbonyl (C=O) groups is 1. The molecule has 15 heavy (non-hydrogen) atoms. The van der Waals surface area contributed by atoms with Crippen molar-refractivity contribution in [2.45, 2.75) is 6.54 Å². The van der Waals surface area contributed by atoms with E-state index in [1.54, 1.807) is 12.1 Å². The van der Waals surface area contributed by atoms with Crippen LogP contribution in [-0.2, 0) is 6.54 Å².